The Labute approximate surface area is 158 Å². The summed E-state index contributed by atoms with van der Waals surface area (Å²) in [7, 11) is 0. The number of amides is 2. The predicted molar refractivity (Wildman–Crippen MR) is 97.3 cm³/mol. The lowest BCUT2D eigenvalue weighted by Crippen LogP contribution is -2.24. The maximum Gasteiger partial charge on any atom is 0.433 e. The minimum Gasteiger partial charge on any atom is -0.395 e. The van der Waals surface area contributed by atoms with Gasteiger partial charge in [0.25, 0.3) is 11.8 Å². The highest BCUT2D eigenvalue weighted by Gasteiger charge is 2.19. The molecule has 3 rings (SSSR count). The molecule has 1 aromatic heterocycles. The van der Waals surface area contributed by atoms with Gasteiger partial charge in [0.05, 0.1) is 17.3 Å². The zero-order valence-electron chi connectivity index (χ0n) is 14.3. The largest absolute Gasteiger partial charge is 0.433 e. The number of nitrogens with one attached hydrogen (secondary N) is 2. The second kappa shape index (κ2) is 8.12. The highest BCUT2D eigenvalue weighted by molar-refractivity contribution is 6.07. The van der Waals surface area contributed by atoms with Crippen LogP contribution in [-0.2, 0) is 6.54 Å². The quantitative estimate of drug-likeness (QED) is 0.499. The lowest BCUT2D eigenvalue weighted by atomic mass is 10.1. The van der Waals surface area contributed by atoms with E-state index in [0.29, 0.717) is 5.56 Å². The van der Waals surface area contributed by atoms with Crippen molar-refractivity contribution in [2.45, 2.75) is 6.54 Å². The molecular weight excluding hydrogens is 369 g/mol. The van der Waals surface area contributed by atoms with Gasteiger partial charge in [-0.3, -0.25) is 19.7 Å². The molecule has 0 bridgehead atoms. The Hall–Kier alpha value is -4.01. The monoisotopic (exact) mass is 383 g/mol. The molecule has 9 heteroatoms. The van der Waals surface area contributed by atoms with Crippen molar-refractivity contribution in [3.63, 3.8) is 0 Å². The van der Waals surface area contributed by atoms with Crippen LogP contribution in [0.2, 0.25) is 0 Å². The number of carbonyl (C=O) groups is 2. The molecule has 0 fully saturated rings. The SMILES string of the molecule is O=C(Nc1ccccc1C(=O)NCc1ccc(F)cc1)c1ccc([N+](=O)[O-])o1. The zero-order chi connectivity index (χ0) is 20.1. The summed E-state index contributed by atoms with van der Waals surface area (Å²) in [5.41, 5.74) is 1.11. The molecule has 0 spiro atoms. The average Bonchev–Trinajstić information content (AvgIpc) is 3.18. The van der Waals surface area contributed by atoms with E-state index in [0.717, 1.165) is 6.07 Å². The third kappa shape index (κ3) is 4.39. The summed E-state index contributed by atoms with van der Waals surface area (Å²) in [6, 6.07) is 14.2. The van der Waals surface area contributed by atoms with Crippen LogP contribution < -0.4 is 10.6 Å². The van der Waals surface area contributed by atoms with E-state index in [1.807, 2.05) is 0 Å². The van der Waals surface area contributed by atoms with Crippen LogP contribution in [0.3, 0.4) is 0 Å². The zero-order valence-corrected chi connectivity index (χ0v) is 14.3. The highest BCUT2D eigenvalue weighted by Crippen LogP contribution is 2.20. The van der Waals surface area contributed by atoms with Gasteiger partial charge in [0.15, 0.2) is 5.76 Å². The molecule has 0 saturated carbocycles. The summed E-state index contributed by atoms with van der Waals surface area (Å²) >= 11 is 0. The molecule has 2 aromatic carbocycles. The van der Waals surface area contributed by atoms with Crippen LogP contribution in [0.5, 0.6) is 0 Å². The van der Waals surface area contributed by atoms with Gasteiger partial charge in [0.2, 0.25) is 0 Å². The summed E-state index contributed by atoms with van der Waals surface area (Å²) in [6.45, 7) is 0.172. The van der Waals surface area contributed by atoms with Crippen LogP contribution in [0, 0.1) is 15.9 Å². The molecule has 0 aliphatic rings. The molecular formula is C19H14FN3O5. The molecule has 0 aliphatic carbocycles. The van der Waals surface area contributed by atoms with Gasteiger partial charge in [-0.05, 0) is 35.9 Å². The van der Waals surface area contributed by atoms with Crippen molar-refractivity contribution in [1.29, 1.82) is 0 Å². The molecule has 2 amide bonds. The average molecular weight is 383 g/mol. The summed E-state index contributed by atoms with van der Waals surface area (Å²) in [5, 5.41) is 15.8. The van der Waals surface area contributed by atoms with Crippen LogP contribution >= 0.6 is 0 Å². The van der Waals surface area contributed by atoms with Crippen LogP contribution in [0.25, 0.3) is 0 Å². The van der Waals surface area contributed by atoms with Gasteiger partial charge in [-0.2, -0.15) is 0 Å². The van der Waals surface area contributed by atoms with Gasteiger partial charge >= 0.3 is 5.88 Å². The van der Waals surface area contributed by atoms with Crippen LogP contribution in [-0.4, -0.2) is 16.7 Å². The Balaban J connectivity index is 1.71. The van der Waals surface area contributed by atoms with Crippen molar-refractivity contribution in [1.82, 2.24) is 5.32 Å². The number of nitrogens with zero attached hydrogens (tertiary/aromatic N) is 1. The number of benzene rings is 2. The number of para-hydroxylation sites is 1. The van der Waals surface area contributed by atoms with Gasteiger partial charge in [0.1, 0.15) is 10.7 Å². The van der Waals surface area contributed by atoms with E-state index < -0.39 is 22.6 Å². The Morgan fingerprint density at radius 2 is 1.71 bits per heavy atom. The van der Waals surface area contributed by atoms with E-state index in [2.05, 4.69) is 10.6 Å². The number of hydrogen-bond donors (Lipinski definition) is 2. The lowest BCUT2D eigenvalue weighted by Gasteiger charge is -2.11. The van der Waals surface area contributed by atoms with Gasteiger partial charge in [-0.15, -0.1) is 0 Å². The topological polar surface area (TPSA) is 114 Å². The Bertz CT molecular complexity index is 1030. The van der Waals surface area contributed by atoms with Crippen LogP contribution in [0.4, 0.5) is 16.0 Å². The summed E-state index contributed by atoms with van der Waals surface area (Å²) in [6.07, 6.45) is 0. The first kappa shape index (κ1) is 18.8. The van der Waals surface area contributed by atoms with Crippen molar-refractivity contribution in [3.8, 4) is 0 Å². The molecule has 0 saturated heterocycles. The number of furan rings is 1. The van der Waals surface area contributed by atoms with E-state index in [-0.39, 0.29) is 29.4 Å². The third-order valence-corrected chi connectivity index (χ3v) is 3.78. The lowest BCUT2D eigenvalue weighted by molar-refractivity contribution is -0.402. The van der Waals surface area contributed by atoms with Crippen molar-refractivity contribution < 1.29 is 23.3 Å². The minimum atomic E-state index is -0.756. The smallest absolute Gasteiger partial charge is 0.395 e. The van der Waals surface area contributed by atoms with Crippen molar-refractivity contribution >= 4 is 23.4 Å². The van der Waals surface area contributed by atoms with Crippen LogP contribution in [0.15, 0.2) is 65.1 Å². The Kier molecular flexibility index (Phi) is 5.45. The standard InChI is InChI=1S/C19H14FN3O5/c20-13-7-5-12(6-8-13)11-21-18(24)14-3-1-2-4-15(14)22-19(25)16-9-10-17(28-16)23(26)27/h1-10H,11H2,(H,21,24)(H,22,25). The van der Waals surface area contributed by atoms with E-state index in [9.17, 15) is 24.1 Å². The van der Waals surface area contributed by atoms with E-state index in [1.54, 1.807) is 24.3 Å². The molecule has 3 aromatic rings. The fourth-order valence-electron chi connectivity index (χ4n) is 2.40. The number of carbonyl (C=O) groups excluding carboxylic acids is 2. The van der Waals surface area contributed by atoms with E-state index in [1.165, 1.54) is 30.3 Å². The van der Waals surface area contributed by atoms with Crippen LogP contribution in [0.1, 0.15) is 26.5 Å². The van der Waals surface area contributed by atoms with Gasteiger partial charge in [-0.25, -0.2) is 4.39 Å². The van der Waals surface area contributed by atoms with Gasteiger partial charge in [-0.1, -0.05) is 24.3 Å². The molecule has 0 atom stereocenters. The molecule has 142 valence electrons. The number of anilines is 1. The first-order valence-electron chi connectivity index (χ1n) is 8.11. The highest BCUT2D eigenvalue weighted by atomic mass is 19.1. The number of hydrogen-bond acceptors (Lipinski definition) is 5. The molecule has 0 unspecified atom stereocenters. The molecule has 0 radical (unpaired) electrons. The van der Waals surface area contributed by atoms with Crippen molar-refractivity contribution in [2.75, 3.05) is 5.32 Å². The number of halogens is 1. The fraction of sp³-hybridized carbons (Fsp3) is 0.0526. The summed E-state index contributed by atoms with van der Waals surface area (Å²) in [4.78, 5) is 34.6. The first-order valence-corrected chi connectivity index (χ1v) is 8.11. The third-order valence-electron chi connectivity index (χ3n) is 3.78. The molecule has 28 heavy (non-hydrogen) atoms. The van der Waals surface area contributed by atoms with Gasteiger partial charge < -0.3 is 15.1 Å². The van der Waals surface area contributed by atoms with E-state index in [4.69, 9.17) is 4.42 Å². The summed E-state index contributed by atoms with van der Waals surface area (Å²) < 4.78 is 17.8. The van der Waals surface area contributed by atoms with Gasteiger partial charge in [0, 0.05) is 6.54 Å². The first-order chi connectivity index (χ1) is 13.4. The van der Waals surface area contributed by atoms with Crippen molar-refractivity contribution in [2.24, 2.45) is 0 Å². The predicted octanol–water partition coefficient (Wildman–Crippen LogP) is 3.51. The molecule has 8 nitrogen and oxygen atoms in total. The maximum atomic E-state index is 12.9. The Morgan fingerprint density at radius 1 is 1.00 bits per heavy atom. The molecule has 1 heterocycles. The minimum absolute atomic E-state index is 0.172. The second-order valence-corrected chi connectivity index (χ2v) is 5.70. The Morgan fingerprint density at radius 3 is 2.39 bits per heavy atom. The molecule has 2 N–H and O–H groups in total. The fourth-order valence-corrected chi connectivity index (χ4v) is 2.40. The van der Waals surface area contributed by atoms with E-state index >= 15 is 0 Å². The second-order valence-electron chi connectivity index (χ2n) is 5.70. The molecule has 0 aliphatic heterocycles. The number of rotatable bonds is 6. The maximum absolute atomic E-state index is 12.9. The normalized spacial score (nSPS) is 10.3. The summed E-state index contributed by atoms with van der Waals surface area (Å²) in [5.74, 6) is -2.37. The van der Waals surface area contributed by atoms with Crippen molar-refractivity contribution in [3.05, 3.63) is 93.5 Å². The number of nitro groups is 1.